The minimum atomic E-state index is -0.300. The molecule has 0 aliphatic carbocycles. The van der Waals surface area contributed by atoms with Crippen molar-refractivity contribution >= 4 is 51.3 Å². The summed E-state index contributed by atoms with van der Waals surface area (Å²) in [6.07, 6.45) is 3.31. The van der Waals surface area contributed by atoms with E-state index in [1.165, 1.54) is 17.2 Å². The highest BCUT2D eigenvalue weighted by Gasteiger charge is 2.16. The highest BCUT2D eigenvalue weighted by molar-refractivity contribution is 6.36. The molecule has 1 N–H and O–H groups in total. The Labute approximate surface area is 209 Å². The molecule has 4 rings (SSSR count). The van der Waals surface area contributed by atoms with Gasteiger partial charge < -0.3 is 14.5 Å². The molecule has 0 atom stereocenters. The summed E-state index contributed by atoms with van der Waals surface area (Å²) in [5.41, 5.74) is 7.28. The summed E-state index contributed by atoms with van der Waals surface area (Å²) in [6, 6.07) is 15.2. The van der Waals surface area contributed by atoms with Gasteiger partial charge in [0.2, 0.25) is 5.91 Å². The number of anilines is 1. The third-order valence-corrected chi connectivity index (χ3v) is 6.16. The normalized spacial score (nSPS) is 11.6. The van der Waals surface area contributed by atoms with Crippen molar-refractivity contribution in [3.63, 3.8) is 0 Å². The first kappa shape index (κ1) is 23.9. The van der Waals surface area contributed by atoms with Gasteiger partial charge in [-0.15, -0.1) is 0 Å². The zero-order valence-corrected chi connectivity index (χ0v) is 21.0. The molecular formula is C28H25Cl2NO3. The van der Waals surface area contributed by atoms with Gasteiger partial charge in [0.15, 0.2) is 0 Å². The average Bonchev–Trinajstić information content (AvgIpc) is 3.18. The lowest BCUT2D eigenvalue weighted by Gasteiger charge is -2.12. The summed E-state index contributed by atoms with van der Waals surface area (Å²) < 4.78 is 11.8. The summed E-state index contributed by atoms with van der Waals surface area (Å²) in [7, 11) is 0. The van der Waals surface area contributed by atoms with Crippen LogP contribution in [0.3, 0.4) is 0 Å². The van der Waals surface area contributed by atoms with E-state index in [2.05, 4.69) is 37.4 Å². The van der Waals surface area contributed by atoms with Crippen molar-refractivity contribution < 1.29 is 13.9 Å². The molecule has 4 aromatic rings. The maximum Gasteiger partial charge on any atom is 0.248 e. The molecule has 0 saturated carbocycles. The number of allylic oxidation sites excluding steroid dienone is 1. The first-order chi connectivity index (χ1) is 16.3. The van der Waals surface area contributed by atoms with Gasteiger partial charge in [0.25, 0.3) is 0 Å². The van der Waals surface area contributed by atoms with E-state index in [0.29, 0.717) is 28.1 Å². The van der Waals surface area contributed by atoms with Crippen LogP contribution >= 0.6 is 23.2 Å². The molecule has 0 unspecified atom stereocenters. The van der Waals surface area contributed by atoms with Crippen molar-refractivity contribution in [1.29, 1.82) is 0 Å². The second-order valence-corrected chi connectivity index (χ2v) is 9.03. The monoisotopic (exact) mass is 493 g/mol. The van der Waals surface area contributed by atoms with Gasteiger partial charge in [-0.25, -0.2) is 0 Å². The molecule has 1 aromatic heterocycles. The number of nitrogens with one attached hydrogen (secondary N) is 1. The van der Waals surface area contributed by atoms with Crippen LogP contribution in [0.15, 0.2) is 65.3 Å². The largest absolute Gasteiger partial charge is 0.493 e. The molecule has 1 amide bonds. The Bertz CT molecular complexity index is 1420. The van der Waals surface area contributed by atoms with Crippen LogP contribution in [-0.2, 0) is 4.79 Å². The summed E-state index contributed by atoms with van der Waals surface area (Å²) in [4.78, 5) is 12.7. The number of aryl methyl sites for hydroxylation is 2. The summed E-state index contributed by atoms with van der Waals surface area (Å²) >= 11 is 12.1. The fraction of sp³-hybridized carbons (Fsp3) is 0.179. The average molecular weight is 494 g/mol. The lowest BCUT2D eigenvalue weighted by atomic mass is 9.96. The molecular weight excluding hydrogens is 469 g/mol. The van der Waals surface area contributed by atoms with E-state index in [0.717, 1.165) is 33.2 Å². The summed E-state index contributed by atoms with van der Waals surface area (Å²) in [5.74, 6) is 0.355. The molecule has 3 aromatic carbocycles. The molecule has 0 saturated heterocycles. The van der Waals surface area contributed by atoms with Crippen molar-refractivity contribution in [2.45, 2.75) is 27.7 Å². The molecule has 0 bridgehead atoms. The number of amides is 1. The molecule has 1 heterocycles. The van der Waals surface area contributed by atoms with E-state index in [-0.39, 0.29) is 5.91 Å². The molecule has 0 fully saturated rings. The van der Waals surface area contributed by atoms with Gasteiger partial charge in [-0.05, 0) is 68.7 Å². The van der Waals surface area contributed by atoms with E-state index in [9.17, 15) is 4.79 Å². The van der Waals surface area contributed by atoms with Crippen molar-refractivity contribution in [2.24, 2.45) is 0 Å². The number of hydrogen-bond donors (Lipinski definition) is 1. The fourth-order valence-corrected chi connectivity index (χ4v) is 4.45. The number of benzene rings is 3. The SMILES string of the molecule is CCOc1cc2occ(-c3ccc(C)cc3C)c2cc1/C(C)=C/C(=O)Nc1ccc(Cl)cc1Cl. The van der Waals surface area contributed by atoms with Gasteiger partial charge in [0, 0.05) is 33.7 Å². The van der Waals surface area contributed by atoms with E-state index in [4.69, 9.17) is 32.4 Å². The first-order valence-corrected chi connectivity index (χ1v) is 11.7. The van der Waals surface area contributed by atoms with Gasteiger partial charge >= 0.3 is 0 Å². The standard InChI is InChI=1S/C28H25Cl2NO3/c1-5-33-26-14-27-22(23(15-34-27)20-8-6-16(2)10-17(20)3)13-21(26)18(4)11-28(32)31-25-9-7-19(29)12-24(25)30/h6-15H,5H2,1-4H3,(H,31,32)/b18-11+. The number of hydrogen-bond acceptors (Lipinski definition) is 3. The molecule has 4 nitrogen and oxygen atoms in total. The second kappa shape index (κ2) is 9.96. The van der Waals surface area contributed by atoms with Crippen LogP contribution in [0.25, 0.3) is 27.7 Å². The zero-order valence-electron chi connectivity index (χ0n) is 19.5. The molecule has 0 radical (unpaired) electrons. The molecule has 0 spiro atoms. The highest BCUT2D eigenvalue weighted by Crippen LogP contribution is 2.38. The Kier molecular flexibility index (Phi) is 7.01. The van der Waals surface area contributed by atoms with Crippen molar-refractivity contribution in [2.75, 3.05) is 11.9 Å². The summed E-state index contributed by atoms with van der Waals surface area (Å²) in [6.45, 7) is 8.46. The summed E-state index contributed by atoms with van der Waals surface area (Å²) in [5, 5.41) is 4.64. The Morgan fingerprint density at radius 3 is 2.56 bits per heavy atom. The van der Waals surface area contributed by atoms with Gasteiger partial charge in [-0.3, -0.25) is 4.79 Å². The van der Waals surface area contributed by atoms with Crippen LogP contribution < -0.4 is 10.1 Å². The number of ether oxygens (including phenoxy) is 1. The van der Waals surface area contributed by atoms with Gasteiger partial charge in [-0.1, -0.05) is 47.0 Å². The Morgan fingerprint density at radius 1 is 1.06 bits per heavy atom. The minimum absolute atomic E-state index is 0.300. The topological polar surface area (TPSA) is 51.5 Å². The third-order valence-electron chi connectivity index (χ3n) is 5.61. The van der Waals surface area contributed by atoms with Gasteiger partial charge in [0.1, 0.15) is 11.3 Å². The zero-order chi connectivity index (χ0) is 24.4. The number of halogens is 2. The van der Waals surface area contributed by atoms with Crippen LogP contribution in [-0.4, -0.2) is 12.5 Å². The maximum atomic E-state index is 12.7. The van der Waals surface area contributed by atoms with Crippen molar-refractivity contribution in [1.82, 2.24) is 0 Å². The van der Waals surface area contributed by atoms with Crippen LogP contribution in [0, 0.1) is 13.8 Å². The maximum absolute atomic E-state index is 12.7. The van der Waals surface area contributed by atoms with Gasteiger partial charge in [-0.2, -0.15) is 0 Å². The molecule has 174 valence electrons. The van der Waals surface area contributed by atoms with E-state index < -0.39 is 0 Å². The minimum Gasteiger partial charge on any atom is -0.493 e. The van der Waals surface area contributed by atoms with Crippen molar-refractivity contribution in [3.05, 3.63) is 87.6 Å². The number of rotatable bonds is 6. The van der Waals surface area contributed by atoms with E-state index in [1.54, 1.807) is 24.5 Å². The quantitative estimate of drug-likeness (QED) is 0.274. The first-order valence-electron chi connectivity index (χ1n) is 11.0. The lowest BCUT2D eigenvalue weighted by Crippen LogP contribution is -2.09. The Hall–Kier alpha value is -3.21. The fourth-order valence-electron chi connectivity index (χ4n) is 4.00. The van der Waals surface area contributed by atoms with Crippen LogP contribution in [0.2, 0.25) is 10.0 Å². The molecule has 34 heavy (non-hydrogen) atoms. The number of carbonyl (C=O) groups excluding carboxylic acids is 1. The molecule has 0 aliphatic heterocycles. The number of fused-ring (bicyclic) bond motifs is 1. The number of furan rings is 1. The van der Waals surface area contributed by atoms with Crippen LogP contribution in [0.1, 0.15) is 30.5 Å². The Balaban J connectivity index is 1.74. The predicted octanol–water partition coefficient (Wildman–Crippen LogP) is 8.46. The number of carbonyl (C=O) groups is 1. The Morgan fingerprint density at radius 2 is 1.85 bits per heavy atom. The van der Waals surface area contributed by atoms with E-state index >= 15 is 0 Å². The smallest absolute Gasteiger partial charge is 0.248 e. The van der Waals surface area contributed by atoms with Crippen LogP contribution in [0.5, 0.6) is 5.75 Å². The predicted molar refractivity (Wildman–Crippen MR) is 141 cm³/mol. The molecule has 0 aliphatic rings. The second-order valence-electron chi connectivity index (χ2n) is 8.19. The van der Waals surface area contributed by atoms with Gasteiger partial charge in [0.05, 0.1) is 23.6 Å². The van der Waals surface area contributed by atoms with E-state index in [1.807, 2.05) is 26.0 Å². The third kappa shape index (κ3) is 4.98. The highest BCUT2D eigenvalue weighted by atomic mass is 35.5. The van der Waals surface area contributed by atoms with Crippen molar-refractivity contribution in [3.8, 4) is 16.9 Å². The van der Waals surface area contributed by atoms with Crippen LogP contribution in [0.4, 0.5) is 5.69 Å². The molecule has 6 heteroatoms. The lowest BCUT2D eigenvalue weighted by molar-refractivity contribution is -0.111.